The van der Waals surface area contributed by atoms with E-state index < -0.39 is 17.5 Å². The highest BCUT2D eigenvalue weighted by Gasteiger charge is 2.31. The van der Waals surface area contributed by atoms with Crippen molar-refractivity contribution < 1.29 is 14.0 Å². The van der Waals surface area contributed by atoms with Gasteiger partial charge >= 0.3 is 0 Å². The van der Waals surface area contributed by atoms with E-state index in [9.17, 15) is 14.0 Å². The van der Waals surface area contributed by atoms with Crippen molar-refractivity contribution in [1.29, 1.82) is 0 Å². The molecule has 1 saturated heterocycles. The number of carbonyl (C=O) groups excluding carboxylic acids is 2. The lowest BCUT2D eigenvalue weighted by Gasteiger charge is -2.15. The number of amides is 1. The number of rotatable bonds is 1. The van der Waals surface area contributed by atoms with E-state index in [1.54, 1.807) is 0 Å². The molecule has 5 heteroatoms. The number of anilines is 1. The summed E-state index contributed by atoms with van der Waals surface area (Å²) >= 11 is 5.82. The van der Waals surface area contributed by atoms with E-state index >= 15 is 0 Å². The molecule has 2 rings (SSSR count). The number of ketones is 1. The van der Waals surface area contributed by atoms with Crippen LogP contribution < -0.4 is 4.90 Å². The molecular weight excluding hydrogens is 221 g/mol. The van der Waals surface area contributed by atoms with Crippen LogP contribution in [0.5, 0.6) is 0 Å². The normalized spacial score (nSPS) is 16.3. The maximum absolute atomic E-state index is 12.9. The van der Waals surface area contributed by atoms with Crippen LogP contribution >= 0.6 is 11.6 Å². The number of Topliss-reactive ketones (excluding diaryl/α,β-unsaturated/α-hetero) is 1. The van der Waals surface area contributed by atoms with Gasteiger partial charge in [-0.25, -0.2) is 4.39 Å². The standard InChI is InChI=1S/C10H7ClFNO2/c11-7-2-1-6(12)5-8(7)13-4-3-9(14)10(13)15/h1-2,5H,3-4H2. The highest BCUT2D eigenvalue weighted by Crippen LogP contribution is 2.28. The van der Waals surface area contributed by atoms with E-state index in [4.69, 9.17) is 11.6 Å². The van der Waals surface area contributed by atoms with E-state index in [0.29, 0.717) is 0 Å². The van der Waals surface area contributed by atoms with Gasteiger partial charge in [0.25, 0.3) is 5.91 Å². The maximum atomic E-state index is 12.9. The number of carbonyl (C=O) groups is 2. The quantitative estimate of drug-likeness (QED) is 0.686. The molecule has 1 aliphatic rings. The first-order chi connectivity index (χ1) is 7.09. The maximum Gasteiger partial charge on any atom is 0.294 e. The first-order valence-corrected chi connectivity index (χ1v) is 4.77. The molecule has 1 aliphatic heterocycles. The van der Waals surface area contributed by atoms with Gasteiger partial charge in [0.15, 0.2) is 0 Å². The van der Waals surface area contributed by atoms with Gasteiger partial charge in [0.1, 0.15) is 5.82 Å². The predicted molar refractivity (Wildman–Crippen MR) is 53.4 cm³/mol. The molecule has 0 atom stereocenters. The zero-order chi connectivity index (χ0) is 11.0. The van der Waals surface area contributed by atoms with Gasteiger partial charge in [-0.2, -0.15) is 0 Å². The van der Waals surface area contributed by atoms with Gasteiger partial charge in [0.05, 0.1) is 10.7 Å². The molecule has 1 fully saturated rings. The van der Waals surface area contributed by atoms with Crippen molar-refractivity contribution in [1.82, 2.24) is 0 Å². The Morgan fingerprint density at radius 2 is 2.07 bits per heavy atom. The predicted octanol–water partition coefficient (Wildman–Crippen LogP) is 1.78. The van der Waals surface area contributed by atoms with Crippen molar-refractivity contribution in [3.63, 3.8) is 0 Å². The molecule has 0 saturated carbocycles. The van der Waals surface area contributed by atoms with Crippen LogP contribution in [0, 0.1) is 5.82 Å². The van der Waals surface area contributed by atoms with Gasteiger partial charge in [-0.05, 0) is 18.2 Å². The minimum Gasteiger partial charge on any atom is -0.304 e. The van der Waals surface area contributed by atoms with E-state index in [0.717, 1.165) is 6.07 Å². The molecule has 1 aromatic carbocycles. The highest BCUT2D eigenvalue weighted by atomic mass is 35.5. The van der Waals surface area contributed by atoms with Crippen LogP contribution in [0.15, 0.2) is 18.2 Å². The molecule has 0 N–H and O–H groups in total. The Kier molecular flexibility index (Phi) is 2.44. The van der Waals surface area contributed by atoms with Gasteiger partial charge in [0, 0.05) is 13.0 Å². The first kappa shape index (κ1) is 10.1. The van der Waals surface area contributed by atoms with E-state index in [2.05, 4.69) is 0 Å². The van der Waals surface area contributed by atoms with Gasteiger partial charge in [-0.1, -0.05) is 11.6 Å². The van der Waals surface area contributed by atoms with Gasteiger partial charge < -0.3 is 4.90 Å². The molecule has 1 amide bonds. The van der Waals surface area contributed by atoms with Crippen molar-refractivity contribution in [2.24, 2.45) is 0 Å². The molecule has 0 radical (unpaired) electrons. The zero-order valence-corrected chi connectivity index (χ0v) is 8.42. The molecule has 78 valence electrons. The van der Waals surface area contributed by atoms with Crippen molar-refractivity contribution >= 4 is 29.0 Å². The number of benzene rings is 1. The summed E-state index contributed by atoms with van der Waals surface area (Å²) in [5.74, 6) is -1.57. The van der Waals surface area contributed by atoms with Crippen LogP contribution in [0.25, 0.3) is 0 Å². The summed E-state index contributed by atoms with van der Waals surface area (Å²) in [6.07, 6.45) is 0.158. The summed E-state index contributed by atoms with van der Waals surface area (Å²) in [4.78, 5) is 23.6. The van der Waals surface area contributed by atoms with E-state index in [1.807, 2.05) is 0 Å². The third-order valence-corrected chi connectivity index (χ3v) is 2.56. The second-order valence-corrected chi connectivity index (χ2v) is 3.63. The second kappa shape index (κ2) is 3.62. The lowest BCUT2D eigenvalue weighted by atomic mass is 10.3. The third-order valence-electron chi connectivity index (χ3n) is 2.25. The molecule has 1 heterocycles. The minimum atomic E-state index is -0.623. The van der Waals surface area contributed by atoms with Crippen LogP contribution in [-0.4, -0.2) is 18.2 Å². The first-order valence-electron chi connectivity index (χ1n) is 4.39. The molecule has 0 unspecified atom stereocenters. The second-order valence-electron chi connectivity index (χ2n) is 3.23. The van der Waals surface area contributed by atoms with Crippen molar-refractivity contribution in [3.05, 3.63) is 29.0 Å². The summed E-state index contributed by atoms with van der Waals surface area (Å²) in [7, 11) is 0. The third kappa shape index (κ3) is 1.72. The summed E-state index contributed by atoms with van der Waals surface area (Å²) in [5.41, 5.74) is 0.257. The van der Waals surface area contributed by atoms with Gasteiger partial charge in [-0.3, -0.25) is 9.59 Å². The largest absolute Gasteiger partial charge is 0.304 e. The number of hydrogen-bond donors (Lipinski definition) is 0. The van der Waals surface area contributed by atoms with Gasteiger partial charge in [0.2, 0.25) is 5.78 Å². The van der Waals surface area contributed by atoms with Gasteiger partial charge in [-0.15, -0.1) is 0 Å². The molecule has 0 bridgehead atoms. The lowest BCUT2D eigenvalue weighted by molar-refractivity contribution is -0.133. The molecule has 1 aromatic rings. The van der Waals surface area contributed by atoms with E-state index in [-0.39, 0.29) is 23.7 Å². The van der Waals surface area contributed by atoms with Crippen LogP contribution in [0.4, 0.5) is 10.1 Å². The average molecular weight is 228 g/mol. The molecular formula is C10H7ClFNO2. The fourth-order valence-corrected chi connectivity index (χ4v) is 1.71. The Morgan fingerprint density at radius 3 is 2.67 bits per heavy atom. The van der Waals surface area contributed by atoms with Crippen LogP contribution in [0.1, 0.15) is 6.42 Å². The number of hydrogen-bond acceptors (Lipinski definition) is 2. The summed E-state index contributed by atoms with van der Waals surface area (Å²) in [6, 6.07) is 3.72. The Hall–Kier alpha value is -1.42. The van der Waals surface area contributed by atoms with Crippen LogP contribution in [0.2, 0.25) is 5.02 Å². The Morgan fingerprint density at radius 1 is 1.33 bits per heavy atom. The van der Waals surface area contributed by atoms with Crippen molar-refractivity contribution in [2.75, 3.05) is 11.4 Å². The van der Waals surface area contributed by atoms with E-state index in [1.165, 1.54) is 17.0 Å². The Balaban J connectivity index is 2.42. The molecule has 0 aromatic heterocycles. The van der Waals surface area contributed by atoms with Crippen molar-refractivity contribution in [2.45, 2.75) is 6.42 Å². The Bertz CT molecular complexity index is 447. The monoisotopic (exact) mass is 227 g/mol. The zero-order valence-electron chi connectivity index (χ0n) is 7.67. The summed E-state index contributed by atoms with van der Waals surface area (Å²) in [5, 5.41) is 0.263. The highest BCUT2D eigenvalue weighted by molar-refractivity contribution is 6.45. The molecule has 0 spiro atoms. The topological polar surface area (TPSA) is 37.4 Å². The SMILES string of the molecule is O=C1CCN(c2cc(F)ccc2Cl)C1=O. The molecule has 0 aliphatic carbocycles. The lowest BCUT2D eigenvalue weighted by Crippen LogP contribution is -2.27. The minimum absolute atomic E-state index is 0.158. The molecule has 15 heavy (non-hydrogen) atoms. The smallest absolute Gasteiger partial charge is 0.294 e. The summed E-state index contributed by atoms with van der Waals surface area (Å²) < 4.78 is 12.9. The number of halogens is 2. The van der Waals surface area contributed by atoms with Crippen LogP contribution in [0.3, 0.4) is 0 Å². The van der Waals surface area contributed by atoms with Crippen LogP contribution in [-0.2, 0) is 9.59 Å². The fraction of sp³-hybridized carbons (Fsp3) is 0.200. The fourth-order valence-electron chi connectivity index (χ4n) is 1.49. The average Bonchev–Trinajstić information content (AvgIpc) is 2.52. The summed E-state index contributed by atoms with van der Waals surface area (Å²) in [6.45, 7) is 0.265. The molecule has 3 nitrogen and oxygen atoms in total. The number of nitrogens with zero attached hydrogens (tertiary/aromatic N) is 1. The van der Waals surface area contributed by atoms with Crippen molar-refractivity contribution in [3.8, 4) is 0 Å². The Labute approximate surface area is 90.4 Å².